The first-order valence-corrected chi connectivity index (χ1v) is 10.4. The number of hydrogen-bond donors (Lipinski definition) is 2. The Balaban J connectivity index is 1.96. The van der Waals surface area contributed by atoms with E-state index in [1.165, 1.54) is 18.4 Å². The molecule has 0 bridgehead atoms. The molecule has 0 saturated carbocycles. The van der Waals surface area contributed by atoms with E-state index < -0.39 is 5.97 Å². The zero-order valence-electron chi connectivity index (χ0n) is 17.1. The molecule has 0 aliphatic carbocycles. The number of rotatable bonds is 8. The normalized spacial score (nSPS) is 10.6. The number of anilines is 2. The van der Waals surface area contributed by atoms with Gasteiger partial charge in [0.15, 0.2) is 5.82 Å². The van der Waals surface area contributed by atoms with Gasteiger partial charge in [-0.1, -0.05) is 26.0 Å². The fourth-order valence-corrected chi connectivity index (χ4v) is 3.95. The minimum atomic E-state index is -0.862. The monoisotopic (exact) mass is 425 g/mol. The second-order valence-electron chi connectivity index (χ2n) is 6.58. The van der Waals surface area contributed by atoms with Crippen LogP contribution in [-0.2, 0) is 28.8 Å². The van der Waals surface area contributed by atoms with Crippen molar-refractivity contribution >= 4 is 34.8 Å². The predicted molar refractivity (Wildman–Crippen MR) is 117 cm³/mol. The highest BCUT2D eigenvalue weighted by Gasteiger charge is 2.17. The number of benzene rings is 1. The van der Waals surface area contributed by atoms with Crippen LogP contribution in [0.5, 0.6) is 0 Å². The fourth-order valence-electron chi connectivity index (χ4n) is 3.09. The number of carbonyl (C=O) groups is 2. The summed E-state index contributed by atoms with van der Waals surface area (Å²) >= 11 is 1.29. The van der Waals surface area contributed by atoms with Crippen molar-refractivity contribution in [2.24, 2.45) is 0 Å². The van der Waals surface area contributed by atoms with E-state index in [9.17, 15) is 9.59 Å². The molecule has 0 spiro atoms. The van der Waals surface area contributed by atoms with Crippen molar-refractivity contribution in [3.8, 4) is 10.7 Å². The summed E-state index contributed by atoms with van der Waals surface area (Å²) in [6.07, 6.45) is 1.50. The van der Waals surface area contributed by atoms with Gasteiger partial charge < -0.3 is 15.2 Å². The van der Waals surface area contributed by atoms with Crippen LogP contribution < -0.4 is 5.32 Å². The third kappa shape index (κ3) is 4.83. The lowest BCUT2D eigenvalue weighted by Crippen LogP contribution is -2.07. The largest absolute Gasteiger partial charge is 0.481 e. The standard InChI is InChI=1S/C22H23N3O4S/c1-4-15-16(5-2)24-21(17-10-11-18(30-17)22(28)29-3)25-20(15)23-14-8-6-13(7-9-14)12-19(26)27/h6-11H,4-5,12H2,1-3H3,(H,26,27)(H,23,24,25). The van der Waals surface area contributed by atoms with E-state index in [0.29, 0.717) is 16.5 Å². The lowest BCUT2D eigenvalue weighted by atomic mass is 10.1. The molecule has 0 unspecified atom stereocenters. The highest BCUT2D eigenvalue weighted by atomic mass is 32.1. The Morgan fingerprint density at radius 3 is 2.40 bits per heavy atom. The second-order valence-corrected chi connectivity index (χ2v) is 7.66. The minimum absolute atomic E-state index is 0.0148. The van der Waals surface area contributed by atoms with Crippen LogP contribution in [0.1, 0.15) is 40.3 Å². The molecule has 156 valence electrons. The SMILES string of the molecule is CCc1nc(-c2ccc(C(=O)OC)s2)nc(Nc2ccc(CC(=O)O)cc2)c1CC. The van der Waals surface area contributed by atoms with Gasteiger partial charge in [0, 0.05) is 16.9 Å². The molecule has 3 aromatic rings. The zero-order valence-corrected chi connectivity index (χ0v) is 17.9. The summed E-state index contributed by atoms with van der Waals surface area (Å²) in [5.41, 5.74) is 3.52. The highest BCUT2D eigenvalue weighted by Crippen LogP contribution is 2.30. The molecule has 0 radical (unpaired) electrons. The van der Waals surface area contributed by atoms with Crippen molar-refractivity contribution in [1.29, 1.82) is 0 Å². The molecular formula is C22H23N3O4S. The van der Waals surface area contributed by atoms with Gasteiger partial charge in [-0.3, -0.25) is 4.79 Å². The Morgan fingerprint density at radius 1 is 1.07 bits per heavy atom. The first kappa shape index (κ1) is 21.4. The van der Waals surface area contributed by atoms with E-state index in [0.717, 1.165) is 40.2 Å². The van der Waals surface area contributed by atoms with Gasteiger partial charge in [-0.2, -0.15) is 0 Å². The molecule has 3 rings (SSSR count). The molecule has 0 aliphatic heterocycles. The van der Waals surface area contributed by atoms with Crippen molar-refractivity contribution in [3.63, 3.8) is 0 Å². The number of hydrogen-bond acceptors (Lipinski definition) is 7. The maximum absolute atomic E-state index is 11.8. The van der Waals surface area contributed by atoms with Crippen LogP contribution in [0.15, 0.2) is 36.4 Å². The topological polar surface area (TPSA) is 101 Å². The van der Waals surface area contributed by atoms with Gasteiger partial charge in [-0.15, -0.1) is 11.3 Å². The summed E-state index contributed by atoms with van der Waals surface area (Å²) in [6.45, 7) is 4.10. The van der Waals surface area contributed by atoms with Gasteiger partial charge in [0.2, 0.25) is 0 Å². The summed E-state index contributed by atoms with van der Waals surface area (Å²) in [4.78, 5) is 33.4. The highest BCUT2D eigenvalue weighted by molar-refractivity contribution is 7.17. The van der Waals surface area contributed by atoms with Gasteiger partial charge in [-0.25, -0.2) is 14.8 Å². The van der Waals surface area contributed by atoms with Crippen molar-refractivity contribution in [3.05, 3.63) is 58.1 Å². The van der Waals surface area contributed by atoms with Crippen LogP contribution in [0.2, 0.25) is 0 Å². The molecule has 30 heavy (non-hydrogen) atoms. The Kier molecular flexibility index (Phi) is 6.79. The van der Waals surface area contributed by atoms with Crippen LogP contribution in [0, 0.1) is 0 Å². The molecule has 2 aromatic heterocycles. The van der Waals surface area contributed by atoms with Gasteiger partial charge >= 0.3 is 11.9 Å². The molecule has 0 atom stereocenters. The fraction of sp³-hybridized carbons (Fsp3) is 0.273. The number of esters is 1. The summed E-state index contributed by atoms with van der Waals surface area (Å²) in [7, 11) is 1.35. The molecule has 0 amide bonds. The van der Waals surface area contributed by atoms with Crippen molar-refractivity contribution < 1.29 is 19.4 Å². The van der Waals surface area contributed by atoms with Gasteiger partial charge in [0.1, 0.15) is 10.7 Å². The van der Waals surface area contributed by atoms with E-state index in [1.54, 1.807) is 18.2 Å². The van der Waals surface area contributed by atoms with Gasteiger partial charge in [0.25, 0.3) is 0 Å². The van der Waals surface area contributed by atoms with Crippen LogP contribution in [0.25, 0.3) is 10.7 Å². The summed E-state index contributed by atoms with van der Waals surface area (Å²) in [6, 6.07) is 10.8. The number of thiophene rings is 1. The number of nitrogens with one attached hydrogen (secondary N) is 1. The zero-order chi connectivity index (χ0) is 21.7. The minimum Gasteiger partial charge on any atom is -0.481 e. The number of carboxylic acids is 1. The Morgan fingerprint density at radius 2 is 1.80 bits per heavy atom. The number of methoxy groups -OCH3 is 1. The van der Waals surface area contributed by atoms with E-state index in [4.69, 9.17) is 19.8 Å². The van der Waals surface area contributed by atoms with Crippen LogP contribution in [0.4, 0.5) is 11.5 Å². The van der Waals surface area contributed by atoms with E-state index in [-0.39, 0.29) is 12.4 Å². The summed E-state index contributed by atoms with van der Waals surface area (Å²) in [5, 5.41) is 12.3. The summed E-state index contributed by atoms with van der Waals surface area (Å²) in [5.74, 6) is 0.0128. The summed E-state index contributed by atoms with van der Waals surface area (Å²) < 4.78 is 4.78. The smallest absolute Gasteiger partial charge is 0.348 e. The average molecular weight is 426 g/mol. The second kappa shape index (κ2) is 9.49. The van der Waals surface area contributed by atoms with E-state index in [2.05, 4.69) is 12.2 Å². The Hall–Kier alpha value is -3.26. The first-order chi connectivity index (χ1) is 14.4. The number of aliphatic carboxylic acids is 1. The lowest BCUT2D eigenvalue weighted by Gasteiger charge is -2.15. The van der Waals surface area contributed by atoms with Crippen LogP contribution >= 0.6 is 11.3 Å². The van der Waals surface area contributed by atoms with E-state index in [1.807, 2.05) is 25.1 Å². The third-order valence-electron chi connectivity index (χ3n) is 4.57. The van der Waals surface area contributed by atoms with Crippen LogP contribution in [-0.4, -0.2) is 34.1 Å². The number of aryl methyl sites for hydroxylation is 1. The van der Waals surface area contributed by atoms with E-state index >= 15 is 0 Å². The van der Waals surface area contributed by atoms with Crippen molar-refractivity contribution in [2.75, 3.05) is 12.4 Å². The maximum atomic E-state index is 11.8. The quantitative estimate of drug-likeness (QED) is 0.513. The number of ether oxygens (including phenoxy) is 1. The Labute approximate surface area is 178 Å². The van der Waals surface area contributed by atoms with Gasteiger partial charge in [0.05, 0.1) is 18.4 Å². The molecule has 0 fully saturated rings. The molecule has 2 heterocycles. The maximum Gasteiger partial charge on any atom is 0.348 e. The number of carbonyl (C=O) groups excluding carboxylic acids is 1. The molecular weight excluding hydrogens is 402 g/mol. The molecule has 8 heteroatoms. The Bertz CT molecular complexity index is 1060. The third-order valence-corrected chi connectivity index (χ3v) is 5.63. The average Bonchev–Trinajstić information content (AvgIpc) is 3.24. The number of aromatic nitrogens is 2. The molecule has 0 saturated heterocycles. The lowest BCUT2D eigenvalue weighted by molar-refractivity contribution is -0.136. The molecule has 2 N–H and O–H groups in total. The number of carboxylic acid groups (broad SMARTS) is 1. The van der Waals surface area contributed by atoms with Gasteiger partial charge in [-0.05, 0) is 42.7 Å². The van der Waals surface area contributed by atoms with Crippen LogP contribution in [0.3, 0.4) is 0 Å². The molecule has 1 aromatic carbocycles. The molecule has 7 nitrogen and oxygen atoms in total. The first-order valence-electron chi connectivity index (χ1n) is 9.61. The van der Waals surface area contributed by atoms with Crippen molar-refractivity contribution in [1.82, 2.24) is 9.97 Å². The number of nitrogens with zero attached hydrogens (tertiary/aromatic N) is 2. The predicted octanol–water partition coefficient (Wildman–Crippen LogP) is 4.49. The van der Waals surface area contributed by atoms with Crippen molar-refractivity contribution in [2.45, 2.75) is 33.1 Å². The molecule has 0 aliphatic rings.